The number of aromatic nitrogens is 4. The minimum atomic E-state index is -0.00946. The zero-order valence-electron chi connectivity index (χ0n) is 14.5. The van der Waals surface area contributed by atoms with Gasteiger partial charge in [0.1, 0.15) is 4.70 Å². The summed E-state index contributed by atoms with van der Waals surface area (Å²) in [6.45, 7) is 1.77. The minimum absolute atomic E-state index is 0.00946. The predicted molar refractivity (Wildman–Crippen MR) is 102 cm³/mol. The Morgan fingerprint density at radius 1 is 1.19 bits per heavy atom. The number of nitrogens with zero attached hydrogens (tertiary/aromatic N) is 5. The van der Waals surface area contributed by atoms with Crippen LogP contribution in [0.2, 0.25) is 0 Å². The molecule has 0 unspecified atom stereocenters. The second-order valence-electron chi connectivity index (χ2n) is 6.79. The van der Waals surface area contributed by atoms with Crippen LogP contribution in [0.3, 0.4) is 0 Å². The van der Waals surface area contributed by atoms with Crippen LogP contribution in [0.15, 0.2) is 46.6 Å². The highest BCUT2D eigenvalue weighted by Gasteiger charge is 2.27. The summed E-state index contributed by atoms with van der Waals surface area (Å²) >= 11 is 1.47. The maximum absolute atomic E-state index is 12.5. The maximum atomic E-state index is 12.5. The van der Waals surface area contributed by atoms with Gasteiger partial charge >= 0.3 is 0 Å². The van der Waals surface area contributed by atoms with Gasteiger partial charge in [0, 0.05) is 13.1 Å². The fourth-order valence-corrected chi connectivity index (χ4v) is 4.86. The van der Waals surface area contributed by atoms with Crippen LogP contribution >= 0.6 is 11.3 Å². The highest BCUT2D eigenvalue weighted by atomic mass is 32.1. The van der Waals surface area contributed by atoms with Gasteiger partial charge in [0.15, 0.2) is 5.82 Å². The molecule has 4 aromatic rings. The molecule has 0 radical (unpaired) electrons. The third-order valence-corrected chi connectivity index (χ3v) is 6.18. The number of hydrogen-bond acceptors (Lipinski definition) is 5. The van der Waals surface area contributed by atoms with E-state index in [1.807, 2.05) is 15.8 Å². The average molecular weight is 365 g/mol. The molecule has 1 aromatic carbocycles. The topological polar surface area (TPSA) is 55.4 Å². The van der Waals surface area contributed by atoms with Crippen LogP contribution in [0.25, 0.3) is 16.0 Å². The van der Waals surface area contributed by atoms with Crippen molar-refractivity contribution in [3.8, 4) is 0 Å². The first-order valence-electron chi connectivity index (χ1n) is 8.83. The second kappa shape index (κ2) is 6.03. The number of likely N-dealkylation sites (tertiary alicyclic amines) is 1. The maximum Gasteiger partial charge on any atom is 0.272 e. The lowest BCUT2D eigenvalue weighted by Gasteiger charge is -2.24. The molecular weight excluding hydrogens is 346 g/mol. The van der Waals surface area contributed by atoms with E-state index in [1.54, 1.807) is 11.6 Å². The standard InChI is InChI=1S/C19H19N5OS/c1-22-18(25)17-15(9-11-26-17)24-16(20-21-19(22)24)12-23-10-5-8-14(23)13-6-3-2-4-7-13/h2-4,6-7,9,11,14H,5,8,10,12H2,1H3/t14-/m0/s1. The quantitative estimate of drug-likeness (QED) is 0.560. The van der Waals surface area contributed by atoms with Crippen LogP contribution in [-0.4, -0.2) is 30.6 Å². The van der Waals surface area contributed by atoms with Gasteiger partial charge in [-0.1, -0.05) is 30.3 Å². The fourth-order valence-electron chi connectivity index (χ4n) is 4.00. The molecule has 0 spiro atoms. The summed E-state index contributed by atoms with van der Waals surface area (Å²) in [6, 6.07) is 13.1. The molecule has 4 heterocycles. The first-order valence-corrected chi connectivity index (χ1v) is 9.71. The van der Waals surface area contributed by atoms with Gasteiger partial charge in [-0.15, -0.1) is 21.5 Å². The molecule has 0 aliphatic carbocycles. The Bertz CT molecular complexity index is 1140. The van der Waals surface area contributed by atoms with E-state index in [0.717, 1.165) is 35.6 Å². The van der Waals surface area contributed by atoms with Crippen LogP contribution < -0.4 is 5.56 Å². The molecule has 7 heteroatoms. The average Bonchev–Trinajstić information content (AvgIpc) is 3.40. The Hall–Kier alpha value is -2.51. The Labute approximate surface area is 154 Å². The summed E-state index contributed by atoms with van der Waals surface area (Å²) in [4.78, 5) is 14.9. The Morgan fingerprint density at radius 2 is 2.04 bits per heavy atom. The van der Waals surface area contributed by atoms with Crippen molar-refractivity contribution in [1.82, 2.24) is 24.1 Å². The van der Waals surface area contributed by atoms with E-state index in [2.05, 4.69) is 45.4 Å². The van der Waals surface area contributed by atoms with Gasteiger partial charge in [0.2, 0.25) is 5.78 Å². The summed E-state index contributed by atoms with van der Waals surface area (Å²) in [6.07, 6.45) is 2.34. The molecule has 5 rings (SSSR count). The van der Waals surface area contributed by atoms with Crippen molar-refractivity contribution in [2.75, 3.05) is 6.54 Å². The van der Waals surface area contributed by atoms with Crippen LogP contribution in [0, 0.1) is 0 Å². The molecule has 1 saturated heterocycles. The largest absolute Gasteiger partial charge is 0.289 e. The fraction of sp³-hybridized carbons (Fsp3) is 0.316. The Kier molecular flexibility index (Phi) is 3.65. The minimum Gasteiger partial charge on any atom is -0.289 e. The van der Waals surface area contributed by atoms with Crippen molar-refractivity contribution in [2.45, 2.75) is 25.4 Å². The monoisotopic (exact) mass is 365 g/mol. The molecular formula is C19H19N5OS. The zero-order valence-corrected chi connectivity index (χ0v) is 15.3. The summed E-state index contributed by atoms with van der Waals surface area (Å²) < 4.78 is 4.38. The number of thiophene rings is 1. The van der Waals surface area contributed by atoms with Crippen LogP contribution in [-0.2, 0) is 13.6 Å². The van der Waals surface area contributed by atoms with Crippen LogP contribution in [0.5, 0.6) is 0 Å². The van der Waals surface area contributed by atoms with Gasteiger partial charge in [-0.05, 0) is 36.4 Å². The van der Waals surface area contributed by atoms with E-state index in [9.17, 15) is 4.79 Å². The van der Waals surface area contributed by atoms with Crippen molar-refractivity contribution in [1.29, 1.82) is 0 Å². The lowest BCUT2D eigenvalue weighted by molar-refractivity contribution is 0.241. The number of rotatable bonds is 3. The molecule has 1 aliphatic heterocycles. The van der Waals surface area contributed by atoms with Crippen molar-refractivity contribution in [2.24, 2.45) is 7.05 Å². The highest BCUT2D eigenvalue weighted by molar-refractivity contribution is 7.17. The second-order valence-corrected chi connectivity index (χ2v) is 7.71. The summed E-state index contributed by atoms with van der Waals surface area (Å²) in [5.41, 5.74) is 2.25. The third-order valence-electron chi connectivity index (χ3n) is 5.29. The summed E-state index contributed by atoms with van der Waals surface area (Å²) in [5, 5.41) is 10.7. The Morgan fingerprint density at radius 3 is 2.88 bits per heavy atom. The van der Waals surface area contributed by atoms with E-state index in [-0.39, 0.29) is 5.56 Å². The third kappa shape index (κ3) is 2.31. The summed E-state index contributed by atoms with van der Waals surface area (Å²) in [7, 11) is 1.76. The van der Waals surface area contributed by atoms with Crippen molar-refractivity contribution in [3.05, 3.63) is 63.5 Å². The molecule has 0 amide bonds. The molecule has 6 nitrogen and oxygen atoms in total. The van der Waals surface area contributed by atoms with Crippen molar-refractivity contribution < 1.29 is 0 Å². The van der Waals surface area contributed by atoms with E-state index in [1.165, 1.54) is 23.3 Å². The predicted octanol–water partition coefficient (Wildman–Crippen LogP) is 2.98. The first-order chi connectivity index (χ1) is 12.7. The smallest absolute Gasteiger partial charge is 0.272 e. The van der Waals surface area contributed by atoms with E-state index >= 15 is 0 Å². The van der Waals surface area contributed by atoms with E-state index in [4.69, 9.17) is 0 Å². The lowest BCUT2D eigenvalue weighted by atomic mass is 10.0. The zero-order chi connectivity index (χ0) is 17.7. The molecule has 1 aliphatic rings. The molecule has 0 N–H and O–H groups in total. The van der Waals surface area contributed by atoms with Gasteiger partial charge in [0.25, 0.3) is 5.56 Å². The normalized spacial score (nSPS) is 18.3. The number of hydrogen-bond donors (Lipinski definition) is 0. The van der Waals surface area contributed by atoms with Gasteiger partial charge in [-0.2, -0.15) is 0 Å². The molecule has 132 valence electrons. The van der Waals surface area contributed by atoms with Crippen molar-refractivity contribution >= 4 is 27.3 Å². The van der Waals surface area contributed by atoms with Crippen molar-refractivity contribution in [3.63, 3.8) is 0 Å². The van der Waals surface area contributed by atoms with E-state index < -0.39 is 0 Å². The Balaban J connectivity index is 1.59. The molecule has 3 aromatic heterocycles. The van der Waals surface area contributed by atoms with Crippen LogP contribution in [0.4, 0.5) is 0 Å². The first kappa shape index (κ1) is 15.7. The number of benzene rings is 1. The molecule has 0 bridgehead atoms. The molecule has 1 atom stereocenters. The van der Waals surface area contributed by atoms with Gasteiger partial charge in [-0.25, -0.2) is 0 Å². The van der Waals surface area contributed by atoms with Gasteiger partial charge in [0.05, 0.1) is 12.1 Å². The van der Waals surface area contributed by atoms with Gasteiger partial charge < -0.3 is 0 Å². The van der Waals surface area contributed by atoms with E-state index in [0.29, 0.717) is 11.8 Å². The number of aryl methyl sites for hydroxylation is 1. The molecule has 0 saturated carbocycles. The van der Waals surface area contributed by atoms with Crippen LogP contribution in [0.1, 0.15) is 30.3 Å². The molecule has 1 fully saturated rings. The molecule has 26 heavy (non-hydrogen) atoms. The SMILES string of the molecule is Cn1c(=O)c2sccc2n2c(CN3CCC[C@H]3c3ccccc3)nnc12. The number of fused-ring (bicyclic) bond motifs is 3. The highest BCUT2D eigenvalue weighted by Crippen LogP contribution is 2.33. The van der Waals surface area contributed by atoms with Gasteiger partial charge in [-0.3, -0.25) is 18.7 Å². The lowest BCUT2D eigenvalue weighted by Crippen LogP contribution is -2.25. The summed E-state index contributed by atoms with van der Waals surface area (Å²) in [5.74, 6) is 1.49.